The first-order chi connectivity index (χ1) is 8.19. The fourth-order valence-electron chi connectivity index (χ4n) is 1.26. The van der Waals surface area contributed by atoms with Crippen molar-refractivity contribution >= 4 is 35.1 Å². The fourth-order valence-corrected chi connectivity index (χ4v) is 2.36. The van der Waals surface area contributed by atoms with Gasteiger partial charge in [0.1, 0.15) is 10.8 Å². The summed E-state index contributed by atoms with van der Waals surface area (Å²) in [6, 6.07) is 9.42. The number of halogens is 1. The summed E-state index contributed by atoms with van der Waals surface area (Å²) in [5, 5.41) is 4.39. The van der Waals surface area contributed by atoms with Crippen molar-refractivity contribution in [3.8, 4) is 0 Å². The van der Waals surface area contributed by atoms with Crippen LogP contribution in [0.1, 0.15) is 0 Å². The minimum absolute atomic E-state index is 0.242. The van der Waals surface area contributed by atoms with Gasteiger partial charge in [0.05, 0.1) is 5.02 Å². The Hall–Kier alpha value is -1.46. The van der Waals surface area contributed by atoms with Crippen molar-refractivity contribution in [2.45, 2.75) is 9.92 Å². The van der Waals surface area contributed by atoms with E-state index in [1.165, 1.54) is 11.8 Å². The van der Waals surface area contributed by atoms with Gasteiger partial charge in [-0.2, -0.15) is 4.98 Å². The Morgan fingerprint density at radius 3 is 2.76 bits per heavy atom. The Morgan fingerprint density at radius 1 is 1.29 bits per heavy atom. The number of anilines is 2. The lowest BCUT2D eigenvalue weighted by molar-refractivity contribution is 1.06. The zero-order valence-corrected chi connectivity index (χ0v) is 10.7. The van der Waals surface area contributed by atoms with Crippen LogP contribution in [0.25, 0.3) is 0 Å². The third-order valence-electron chi connectivity index (χ3n) is 2.03. The highest BCUT2D eigenvalue weighted by molar-refractivity contribution is 7.99. The van der Waals surface area contributed by atoms with Crippen LogP contribution < -0.4 is 11.1 Å². The van der Waals surface area contributed by atoms with E-state index in [1.54, 1.807) is 7.05 Å². The van der Waals surface area contributed by atoms with Gasteiger partial charge in [0.15, 0.2) is 0 Å². The van der Waals surface area contributed by atoms with Crippen LogP contribution >= 0.6 is 23.4 Å². The zero-order valence-electron chi connectivity index (χ0n) is 9.14. The van der Waals surface area contributed by atoms with Crippen LogP contribution in [0.2, 0.25) is 5.02 Å². The van der Waals surface area contributed by atoms with Gasteiger partial charge in [-0.15, -0.1) is 0 Å². The maximum absolute atomic E-state index is 6.08. The van der Waals surface area contributed by atoms with E-state index in [9.17, 15) is 0 Å². The lowest BCUT2D eigenvalue weighted by atomic mass is 10.4. The Balaban J connectivity index is 2.30. The van der Waals surface area contributed by atoms with E-state index in [4.69, 9.17) is 17.3 Å². The molecule has 0 atom stereocenters. The van der Waals surface area contributed by atoms with Crippen LogP contribution in [0, 0.1) is 0 Å². The van der Waals surface area contributed by atoms with Crippen molar-refractivity contribution in [3.63, 3.8) is 0 Å². The van der Waals surface area contributed by atoms with E-state index in [0.29, 0.717) is 10.8 Å². The lowest BCUT2D eigenvalue weighted by Crippen LogP contribution is -2.00. The van der Waals surface area contributed by atoms with Gasteiger partial charge in [-0.05, 0) is 12.1 Å². The van der Waals surface area contributed by atoms with Gasteiger partial charge >= 0.3 is 0 Å². The van der Waals surface area contributed by atoms with Crippen LogP contribution in [0.4, 0.5) is 11.8 Å². The average Bonchev–Trinajstić information content (AvgIpc) is 2.31. The first-order valence-electron chi connectivity index (χ1n) is 4.94. The molecular formula is C11H11ClN4S. The summed E-state index contributed by atoms with van der Waals surface area (Å²) in [5.74, 6) is 0.929. The van der Waals surface area contributed by atoms with E-state index in [1.807, 2.05) is 30.3 Å². The topological polar surface area (TPSA) is 63.8 Å². The number of aromatic nitrogens is 2. The second-order valence-corrected chi connectivity index (χ2v) is 4.70. The standard InChI is InChI=1S/C11H11ClN4S/c1-14-9-6-10(16-11(13)15-9)17-8-5-3-2-4-7(8)12/h2-6H,1H3,(H3,13,14,15,16). The lowest BCUT2D eigenvalue weighted by Gasteiger charge is -2.06. The number of hydrogen-bond donors (Lipinski definition) is 2. The summed E-state index contributed by atoms with van der Waals surface area (Å²) in [4.78, 5) is 9.11. The van der Waals surface area contributed by atoms with Crippen molar-refractivity contribution in [1.29, 1.82) is 0 Å². The second kappa shape index (κ2) is 5.25. The van der Waals surface area contributed by atoms with Crippen molar-refractivity contribution in [2.24, 2.45) is 0 Å². The molecule has 2 aromatic rings. The zero-order chi connectivity index (χ0) is 12.3. The van der Waals surface area contributed by atoms with Crippen molar-refractivity contribution in [3.05, 3.63) is 35.4 Å². The van der Waals surface area contributed by atoms with Gasteiger partial charge in [-0.3, -0.25) is 0 Å². The molecule has 6 heteroatoms. The highest BCUT2D eigenvalue weighted by Gasteiger charge is 2.06. The molecule has 1 aromatic heterocycles. The van der Waals surface area contributed by atoms with Gasteiger partial charge in [0.25, 0.3) is 0 Å². The van der Waals surface area contributed by atoms with E-state index in [-0.39, 0.29) is 5.95 Å². The number of nitrogens with zero attached hydrogens (tertiary/aromatic N) is 2. The second-order valence-electron chi connectivity index (χ2n) is 3.23. The van der Waals surface area contributed by atoms with Crippen molar-refractivity contribution in [1.82, 2.24) is 9.97 Å². The molecule has 0 bridgehead atoms. The molecule has 1 heterocycles. The van der Waals surface area contributed by atoms with Crippen LogP contribution in [0.15, 0.2) is 40.3 Å². The quantitative estimate of drug-likeness (QED) is 0.837. The van der Waals surface area contributed by atoms with Gasteiger partial charge in [0.2, 0.25) is 5.95 Å². The number of nitrogen functional groups attached to an aromatic ring is 1. The molecule has 1 aromatic carbocycles. The van der Waals surface area contributed by atoms with Gasteiger partial charge in [-0.1, -0.05) is 35.5 Å². The molecule has 0 aliphatic carbocycles. The molecule has 0 aliphatic rings. The monoisotopic (exact) mass is 266 g/mol. The highest BCUT2D eigenvalue weighted by Crippen LogP contribution is 2.32. The molecule has 0 saturated carbocycles. The van der Waals surface area contributed by atoms with Gasteiger partial charge in [0, 0.05) is 18.0 Å². The van der Waals surface area contributed by atoms with Gasteiger partial charge in [-0.25, -0.2) is 4.98 Å². The molecule has 0 aliphatic heterocycles. The molecule has 4 nitrogen and oxygen atoms in total. The summed E-state index contributed by atoms with van der Waals surface area (Å²) in [5.41, 5.74) is 5.62. The SMILES string of the molecule is CNc1cc(Sc2ccccc2Cl)nc(N)n1. The summed E-state index contributed by atoms with van der Waals surface area (Å²) < 4.78 is 0. The number of rotatable bonds is 3. The molecule has 0 saturated heterocycles. The Bertz CT molecular complexity index is 533. The van der Waals surface area contributed by atoms with Crippen LogP contribution in [0.5, 0.6) is 0 Å². The molecule has 0 unspecified atom stereocenters. The first kappa shape index (κ1) is 12.0. The van der Waals surface area contributed by atoms with Crippen LogP contribution in [0.3, 0.4) is 0 Å². The van der Waals surface area contributed by atoms with Crippen LogP contribution in [-0.4, -0.2) is 17.0 Å². The molecule has 88 valence electrons. The Labute approximate surface area is 109 Å². The highest BCUT2D eigenvalue weighted by atomic mass is 35.5. The summed E-state index contributed by atoms with van der Waals surface area (Å²) in [6.45, 7) is 0. The molecule has 0 radical (unpaired) electrons. The fraction of sp³-hybridized carbons (Fsp3) is 0.0909. The molecule has 0 fully saturated rings. The van der Waals surface area contributed by atoms with E-state index in [2.05, 4.69) is 15.3 Å². The first-order valence-corrected chi connectivity index (χ1v) is 6.13. The predicted octanol–water partition coefficient (Wildman–Crippen LogP) is 2.91. The van der Waals surface area contributed by atoms with Crippen molar-refractivity contribution in [2.75, 3.05) is 18.1 Å². The Morgan fingerprint density at radius 2 is 2.06 bits per heavy atom. The van der Waals surface area contributed by atoms with E-state index in [0.717, 1.165) is 9.92 Å². The average molecular weight is 267 g/mol. The molecule has 3 N–H and O–H groups in total. The third kappa shape index (κ3) is 3.01. The van der Waals surface area contributed by atoms with Crippen LogP contribution in [-0.2, 0) is 0 Å². The maximum Gasteiger partial charge on any atom is 0.223 e. The molecular weight excluding hydrogens is 256 g/mol. The summed E-state index contributed by atoms with van der Waals surface area (Å²) >= 11 is 7.53. The third-order valence-corrected chi connectivity index (χ3v) is 3.46. The van der Waals surface area contributed by atoms with Crippen molar-refractivity contribution < 1.29 is 0 Å². The largest absolute Gasteiger partial charge is 0.373 e. The molecule has 0 spiro atoms. The summed E-state index contributed by atoms with van der Waals surface area (Å²) in [7, 11) is 1.78. The summed E-state index contributed by atoms with van der Waals surface area (Å²) in [6.07, 6.45) is 0. The number of nitrogens with one attached hydrogen (secondary N) is 1. The van der Waals surface area contributed by atoms with E-state index >= 15 is 0 Å². The van der Waals surface area contributed by atoms with Gasteiger partial charge < -0.3 is 11.1 Å². The maximum atomic E-state index is 6.08. The number of hydrogen-bond acceptors (Lipinski definition) is 5. The normalized spacial score (nSPS) is 10.2. The minimum Gasteiger partial charge on any atom is -0.373 e. The molecule has 17 heavy (non-hydrogen) atoms. The number of nitrogens with two attached hydrogens (primary N) is 1. The predicted molar refractivity (Wildman–Crippen MR) is 71.6 cm³/mol. The number of benzene rings is 1. The van der Waals surface area contributed by atoms with E-state index < -0.39 is 0 Å². The minimum atomic E-state index is 0.242. The smallest absolute Gasteiger partial charge is 0.223 e. The molecule has 2 rings (SSSR count). The Kier molecular flexibility index (Phi) is 3.71. The molecule has 0 amide bonds.